The van der Waals surface area contributed by atoms with Gasteiger partial charge in [0, 0.05) is 38.9 Å². The van der Waals surface area contributed by atoms with Crippen LogP contribution in [0.3, 0.4) is 0 Å². The Morgan fingerprint density at radius 1 is 1.08 bits per heavy atom. The van der Waals surface area contributed by atoms with Gasteiger partial charge in [-0.05, 0) is 76.9 Å². The molecule has 2 fully saturated rings. The maximum atomic E-state index is 13.5. The Kier molecular flexibility index (Phi) is 11.4. The van der Waals surface area contributed by atoms with Crippen molar-refractivity contribution in [3.8, 4) is 0 Å². The lowest BCUT2D eigenvalue weighted by atomic mass is 9.73. The summed E-state index contributed by atoms with van der Waals surface area (Å²) < 4.78 is 0. The van der Waals surface area contributed by atoms with E-state index in [0.29, 0.717) is 38.3 Å². The van der Waals surface area contributed by atoms with E-state index in [9.17, 15) is 14.7 Å². The first kappa shape index (κ1) is 29.6. The number of hydrogen-bond acceptors (Lipinski definition) is 4. The van der Waals surface area contributed by atoms with Crippen molar-refractivity contribution in [3.63, 3.8) is 0 Å². The number of carbonyl (C=O) groups excluding carboxylic acids is 2. The second-order valence-corrected chi connectivity index (χ2v) is 11.9. The van der Waals surface area contributed by atoms with Crippen LogP contribution >= 0.6 is 0 Å². The van der Waals surface area contributed by atoms with E-state index in [1.54, 1.807) is 0 Å². The van der Waals surface area contributed by atoms with Crippen molar-refractivity contribution in [3.05, 3.63) is 34.9 Å². The minimum Gasteiger partial charge on any atom is -0.385 e. The molecule has 0 unspecified atom stereocenters. The minimum absolute atomic E-state index is 0.0233. The van der Waals surface area contributed by atoms with Crippen LogP contribution in [-0.4, -0.2) is 55.0 Å². The monoisotopic (exact) mass is 513 g/mol. The molecule has 0 radical (unpaired) electrons. The molecular formula is C31H51N3O3. The Balaban J connectivity index is 1.71. The highest BCUT2D eigenvalue weighted by Gasteiger charge is 2.41. The smallest absolute Gasteiger partial charge is 0.222 e. The summed E-state index contributed by atoms with van der Waals surface area (Å²) in [5.41, 5.74) is 2.19. The molecule has 1 saturated carbocycles. The molecule has 208 valence electrons. The molecule has 1 aromatic carbocycles. The summed E-state index contributed by atoms with van der Waals surface area (Å²) in [6, 6.07) is 6.32. The van der Waals surface area contributed by atoms with E-state index in [4.69, 9.17) is 0 Å². The number of likely N-dealkylation sites (tertiary alicyclic amines) is 1. The Bertz CT molecular complexity index is 862. The van der Waals surface area contributed by atoms with Gasteiger partial charge in [0.1, 0.15) is 0 Å². The molecule has 3 N–H and O–H groups in total. The summed E-state index contributed by atoms with van der Waals surface area (Å²) >= 11 is 0. The summed E-state index contributed by atoms with van der Waals surface area (Å²) in [4.78, 5) is 27.0. The summed E-state index contributed by atoms with van der Waals surface area (Å²) in [6.45, 7) is 8.46. The molecule has 2 aliphatic rings. The first-order valence-electron chi connectivity index (χ1n) is 14.7. The molecule has 0 aromatic heterocycles. The summed E-state index contributed by atoms with van der Waals surface area (Å²) in [6.07, 6.45) is 11.4. The Labute approximate surface area is 225 Å². The maximum absolute atomic E-state index is 13.5. The first-order valence-corrected chi connectivity index (χ1v) is 14.7. The number of nitrogens with one attached hydrogen (secondary N) is 2. The molecular weight excluding hydrogens is 462 g/mol. The van der Waals surface area contributed by atoms with Crippen molar-refractivity contribution >= 4 is 11.8 Å². The predicted octanol–water partition coefficient (Wildman–Crippen LogP) is 4.84. The number of amides is 2. The van der Waals surface area contributed by atoms with Gasteiger partial charge in [-0.3, -0.25) is 9.59 Å². The van der Waals surface area contributed by atoms with Gasteiger partial charge in [0.15, 0.2) is 0 Å². The largest absolute Gasteiger partial charge is 0.385 e. The molecule has 1 saturated heterocycles. The third kappa shape index (κ3) is 8.81. The van der Waals surface area contributed by atoms with Gasteiger partial charge in [0.2, 0.25) is 11.8 Å². The zero-order valence-corrected chi connectivity index (χ0v) is 23.8. The number of hydrogen-bond donors (Lipinski definition) is 3. The zero-order valence-electron chi connectivity index (χ0n) is 23.8. The molecule has 6 nitrogen and oxygen atoms in total. The molecule has 6 heteroatoms. The lowest BCUT2D eigenvalue weighted by Gasteiger charge is -2.43. The van der Waals surface area contributed by atoms with Gasteiger partial charge < -0.3 is 20.6 Å². The molecule has 0 bridgehead atoms. The topological polar surface area (TPSA) is 81.7 Å². The highest BCUT2D eigenvalue weighted by Crippen LogP contribution is 2.40. The van der Waals surface area contributed by atoms with E-state index in [2.05, 4.69) is 42.7 Å². The van der Waals surface area contributed by atoms with Crippen molar-refractivity contribution < 1.29 is 14.7 Å². The third-order valence-electron chi connectivity index (χ3n) is 8.63. The Hall–Kier alpha value is -1.92. The highest BCUT2D eigenvalue weighted by molar-refractivity contribution is 5.76. The number of nitrogens with zero attached hydrogens (tertiary/aromatic N) is 1. The SMILES string of the molecule is CNC[C@@H](CC(=O)N1CCC[C@@H]([C@@](O)(CCCNC(C)=O)c2cc(C)cc(C)c2)C1)CC1CCCCC1. The van der Waals surface area contributed by atoms with E-state index < -0.39 is 5.60 Å². The summed E-state index contributed by atoms with van der Waals surface area (Å²) in [7, 11) is 1.99. The van der Waals surface area contributed by atoms with E-state index >= 15 is 0 Å². The van der Waals surface area contributed by atoms with Crippen LogP contribution in [0.4, 0.5) is 0 Å². The zero-order chi connectivity index (χ0) is 26.8. The van der Waals surface area contributed by atoms with Crippen molar-refractivity contribution in [2.45, 2.75) is 97.0 Å². The van der Waals surface area contributed by atoms with Gasteiger partial charge in [0.05, 0.1) is 5.60 Å². The van der Waals surface area contributed by atoms with E-state index in [-0.39, 0.29) is 17.7 Å². The fourth-order valence-electron chi connectivity index (χ4n) is 6.82. The molecule has 3 rings (SSSR count). The van der Waals surface area contributed by atoms with Crippen LogP contribution < -0.4 is 10.6 Å². The number of rotatable bonds is 12. The van der Waals surface area contributed by atoms with Gasteiger partial charge in [-0.1, -0.05) is 61.4 Å². The number of carbonyl (C=O) groups is 2. The van der Waals surface area contributed by atoms with Gasteiger partial charge in [-0.15, -0.1) is 0 Å². The number of piperidine rings is 1. The van der Waals surface area contributed by atoms with E-state index in [1.165, 1.54) is 39.0 Å². The van der Waals surface area contributed by atoms with Crippen LogP contribution in [0.5, 0.6) is 0 Å². The van der Waals surface area contributed by atoms with Crippen LogP contribution in [0.1, 0.15) is 94.2 Å². The second-order valence-electron chi connectivity index (χ2n) is 11.9. The third-order valence-corrected chi connectivity index (χ3v) is 8.63. The highest BCUT2D eigenvalue weighted by atomic mass is 16.3. The molecule has 1 heterocycles. The molecule has 3 atom stereocenters. The van der Waals surface area contributed by atoms with Crippen LogP contribution in [0, 0.1) is 31.6 Å². The molecule has 37 heavy (non-hydrogen) atoms. The van der Waals surface area contributed by atoms with Crippen molar-refractivity contribution in [1.29, 1.82) is 0 Å². The van der Waals surface area contributed by atoms with Gasteiger partial charge >= 0.3 is 0 Å². The molecule has 1 aliphatic carbocycles. The number of benzene rings is 1. The number of aryl methyl sites for hydroxylation is 2. The average molecular weight is 514 g/mol. The standard InChI is InChI=1S/C31H51N3O3/c1-23-16-24(2)18-29(17-23)31(37,13-9-14-33-25(3)35)28-12-8-15-34(22-28)30(36)20-27(21-32-4)19-26-10-6-5-7-11-26/h16-18,26-28,32,37H,5-15,19-22H2,1-4H3,(H,33,35)/t27-,28-,31+/m1/s1. The fourth-order valence-corrected chi connectivity index (χ4v) is 6.82. The summed E-state index contributed by atoms with van der Waals surface area (Å²) in [5.74, 6) is 1.30. The first-order chi connectivity index (χ1) is 17.7. The van der Waals surface area contributed by atoms with Crippen molar-refractivity contribution in [1.82, 2.24) is 15.5 Å². The van der Waals surface area contributed by atoms with Crippen LogP contribution in [0.2, 0.25) is 0 Å². The van der Waals surface area contributed by atoms with E-state index in [0.717, 1.165) is 55.0 Å². The Morgan fingerprint density at radius 3 is 2.43 bits per heavy atom. The Morgan fingerprint density at radius 2 is 1.78 bits per heavy atom. The number of aliphatic hydroxyl groups is 1. The molecule has 2 amide bonds. The minimum atomic E-state index is -1.03. The normalized spacial score (nSPS) is 21.3. The average Bonchev–Trinajstić information content (AvgIpc) is 2.86. The van der Waals surface area contributed by atoms with Gasteiger partial charge in [-0.2, -0.15) is 0 Å². The van der Waals surface area contributed by atoms with Gasteiger partial charge in [0.25, 0.3) is 0 Å². The van der Waals surface area contributed by atoms with Crippen molar-refractivity contribution in [2.75, 3.05) is 33.2 Å². The van der Waals surface area contributed by atoms with Gasteiger partial charge in [-0.25, -0.2) is 0 Å². The molecule has 1 aliphatic heterocycles. The fraction of sp³-hybridized carbons (Fsp3) is 0.742. The lowest BCUT2D eigenvalue weighted by molar-refractivity contribution is -0.138. The van der Waals surface area contributed by atoms with Crippen molar-refractivity contribution in [2.24, 2.45) is 17.8 Å². The second kappa shape index (κ2) is 14.3. The maximum Gasteiger partial charge on any atom is 0.222 e. The van der Waals surface area contributed by atoms with Crippen LogP contribution in [0.15, 0.2) is 18.2 Å². The summed E-state index contributed by atoms with van der Waals surface area (Å²) in [5, 5.41) is 18.4. The van der Waals surface area contributed by atoms with Crippen LogP contribution in [0.25, 0.3) is 0 Å². The van der Waals surface area contributed by atoms with E-state index in [1.807, 2.05) is 11.9 Å². The quantitative estimate of drug-likeness (QED) is 0.349. The lowest BCUT2D eigenvalue weighted by Crippen LogP contribution is -2.49. The molecule has 1 aromatic rings. The van der Waals surface area contributed by atoms with Crippen LogP contribution in [-0.2, 0) is 15.2 Å². The predicted molar refractivity (Wildman–Crippen MR) is 150 cm³/mol. The molecule has 0 spiro atoms.